The second-order valence-electron chi connectivity index (χ2n) is 6.72. The van der Waals surface area contributed by atoms with Crippen LogP contribution < -0.4 is 20.1 Å². The minimum absolute atomic E-state index is 0.211. The summed E-state index contributed by atoms with van der Waals surface area (Å²) in [6, 6.07) is 17.5. The van der Waals surface area contributed by atoms with E-state index >= 15 is 0 Å². The third kappa shape index (κ3) is 4.82. The van der Waals surface area contributed by atoms with Crippen molar-refractivity contribution in [2.24, 2.45) is 0 Å². The Kier molecular flexibility index (Phi) is 5.56. The van der Waals surface area contributed by atoms with Crippen molar-refractivity contribution in [2.75, 3.05) is 18.7 Å². The lowest BCUT2D eigenvalue weighted by molar-refractivity contribution is 0.0948. The molecule has 0 atom stereocenters. The maximum Gasteiger partial charge on any atom is 0.270 e. The van der Waals surface area contributed by atoms with Crippen molar-refractivity contribution in [3.05, 3.63) is 77.2 Å². The average Bonchev–Trinajstić information content (AvgIpc) is 3.20. The van der Waals surface area contributed by atoms with E-state index in [1.165, 1.54) is 5.56 Å². The van der Waals surface area contributed by atoms with Crippen LogP contribution >= 0.6 is 0 Å². The van der Waals surface area contributed by atoms with Crippen LogP contribution in [0.2, 0.25) is 0 Å². The molecule has 0 fully saturated rings. The highest BCUT2D eigenvalue weighted by Gasteiger charge is 2.14. The maximum atomic E-state index is 12.5. The van der Waals surface area contributed by atoms with Crippen LogP contribution in [0.15, 0.2) is 54.6 Å². The number of hydrogen-bond acceptors (Lipinski definition) is 6. The van der Waals surface area contributed by atoms with Gasteiger partial charge in [0, 0.05) is 19.2 Å². The number of fused-ring (bicyclic) bond motifs is 1. The number of benzene rings is 2. The SMILES string of the molecule is Cc1nc(NCc2ccc3c(c2)OCO3)cc(C(=O)NCCc2ccccc2)n1. The zero-order chi connectivity index (χ0) is 20.1. The summed E-state index contributed by atoms with van der Waals surface area (Å²) in [4.78, 5) is 21.1. The summed E-state index contributed by atoms with van der Waals surface area (Å²) in [7, 11) is 0. The van der Waals surface area contributed by atoms with Crippen LogP contribution in [-0.4, -0.2) is 29.2 Å². The molecule has 0 unspecified atom stereocenters. The number of ether oxygens (including phenoxy) is 2. The van der Waals surface area contributed by atoms with Gasteiger partial charge in [-0.15, -0.1) is 0 Å². The molecule has 0 radical (unpaired) electrons. The Hall–Kier alpha value is -3.61. The molecule has 148 valence electrons. The zero-order valence-corrected chi connectivity index (χ0v) is 16.1. The molecule has 2 heterocycles. The normalized spacial score (nSPS) is 11.9. The van der Waals surface area contributed by atoms with E-state index in [9.17, 15) is 4.79 Å². The van der Waals surface area contributed by atoms with Gasteiger partial charge in [0.15, 0.2) is 11.5 Å². The number of carbonyl (C=O) groups is 1. The molecule has 0 saturated heterocycles. The topological polar surface area (TPSA) is 85.4 Å². The Morgan fingerprint density at radius 2 is 1.83 bits per heavy atom. The van der Waals surface area contributed by atoms with Crippen LogP contribution in [0.5, 0.6) is 11.5 Å². The summed E-state index contributed by atoms with van der Waals surface area (Å²) < 4.78 is 10.7. The van der Waals surface area contributed by atoms with Crippen molar-refractivity contribution in [3.63, 3.8) is 0 Å². The van der Waals surface area contributed by atoms with E-state index in [2.05, 4.69) is 20.6 Å². The fraction of sp³-hybridized carbons (Fsp3) is 0.227. The van der Waals surface area contributed by atoms with Gasteiger partial charge in [0.05, 0.1) is 0 Å². The fourth-order valence-electron chi connectivity index (χ4n) is 3.07. The average molecular weight is 390 g/mol. The number of carbonyl (C=O) groups excluding carboxylic acids is 1. The Morgan fingerprint density at radius 1 is 1.00 bits per heavy atom. The second-order valence-corrected chi connectivity index (χ2v) is 6.72. The molecule has 4 rings (SSSR count). The van der Waals surface area contributed by atoms with E-state index in [0.717, 1.165) is 23.5 Å². The first-order chi connectivity index (χ1) is 14.2. The highest BCUT2D eigenvalue weighted by atomic mass is 16.7. The molecule has 1 aliphatic rings. The number of rotatable bonds is 7. The Labute approximate surface area is 169 Å². The van der Waals surface area contributed by atoms with Crippen molar-refractivity contribution >= 4 is 11.7 Å². The van der Waals surface area contributed by atoms with Gasteiger partial charge in [0.1, 0.15) is 17.3 Å². The number of aryl methyl sites for hydroxylation is 1. The minimum atomic E-state index is -0.211. The van der Waals surface area contributed by atoms with Gasteiger partial charge >= 0.3 is 0 Å². The lowest BCUT2D eigenvalue weighted by atomic mass is 10.1. The molecule has 0 aliphatic carbocycles. The van der Waals surface area contributed by atoms with Crippen LogP contribution in [0, 0.1) is 6.92 Å². The van der Waals surface area contributed by atoms with Crippen LogP contribution in [-0.2, 0) is 13.0 Å². The smallest absolute Gasteiger partial charge is 0.270 e. The number of aromatic nitrogens is 2. The Morgan fingerprint density at radius 3 is 2.69 bits per heavy atom. The van der Waals surface area contributed by atoms with Crippen molar-refractivity contribution in [2.45, 2.75) is 19.9 Å². The second kappa shape index (κ2) is 8.60. The van der Waals surface area contributed by atoms with Crippen LogP contribution in [0.25, 0.3) is 0 Å². The predicted molar refractivity (Wildman–Crippen MR) is 109 cm³/mol. The summed E-state index contributed by atoms with van der Waals surface area (Å²) in [5.74, 6) is 2.41. The van der Waals surface area contributed by atoms with Gasteiger partial charge < -0.3 is 20.1 Å². The molecule has 2 aromatic carbocycles. The quantitative estimate of drug-likeness (QED) is 0.645. The van der Waals surface area contributed by atoms with E-state index in [1.54, 1.807) is 13.0 Å². The Balaban J connectivity index is 1.36. The van der Waals surface area contributed by atoms with Gasteiger partial charge in [-0.3, -0.25) is 4.79 Å². The highest BCUT2D eigenvalue weighted by molar-refractivity contribution is 5.92. The molecular formula is C22H22N4O3. The molecule has 7 heteroatoms. The van der Waals surface area contributed by atoms with E-state index in [0.29, 0.717) is 30.4 Å². The number of hydrogen-bond donors (Lipinski definition) is 2. The lowest BCUT2D eigenvalue weighted by Gasteiger charge is -2.10. The summed E-state index contributed by atoms with van der Waals surface area (Å²) >= 11 is 0. The molecule has 7 nitrogen and oxygen atoms in total. The largest absolute Gasteiger partial charge is 0.454 e. The lowest BCUT2D eigenvalue weighted by Crippen LogP contribution is -2.27. The number of anilines is 1. The van der Waals surface area contributed by atoms with Gasteiger partial charge in [0.2, 0.25) is 6.79 Å². The van der Waals surface area contributed by atoms with Crippen molar-refractivity contribution < 1.29 is 14.3 Å². The molecule has 1 amide bonds. The molecule has 0 saturated carbocycles. The molecule has 29 heavy (non-hydrogen) atoms. The first-order valence-electron chi connectivity index (χ1n) is 9.47. The third-order valence-corrected chi connectivity index (χ3v) is 4.52. The van der Waals surface area contributed by atoms with E-state index in [4.69, 9.17) is 9.47 Å². The van der Waals surface area contributed by atoms with Crippen LogP contribution in [0.1, 0.15) is 27.4 Å². The van der Waals surface area contributed by atoms with Gasteiger partial charge in [-0.2, -0.15) is 0 Å². The van der Waals surface area contributed by atoms with Crippen LogP contribution in [0.4, 0.5) is 5.82 Å². The summed E-state index contributed by atoms with van der Waals surface area (Å²) in [6.45, 7) is 3.11. The van der Waals surface area contributed by atoms with Gasteiger partial charge in [0.25, 0.3) is 5.91 Å². The molecular weight excluding hydrogens is 368 g/mol. The minimum Gasteiger partial charge on any atom is -0.454 e. The number of nitrogens with zero attached hydrogens (tertiary/aromatic N) is 2. The summed E-state index contributed by atoms with van der Waals surface area (Å²) in [5, 5.41) is 6.16. The van der Waals surface area contributed by atoms with Gasteiger partial charge in [-0.1, -0.05) is 36.4 Å². The number of amides is 1. The van der Waals surface area contributed by atoms with E-state index in [-0.39, 0.29) is 12.7 Å². The van der Waals surface area contributed by atoms with Gasteiger partial charge in [-0.05, 0) is 36.6 Å². The van der Waals surface area contributed by atoms with Crippen molar-refractivity contribution in [3.8, 4) is 11.5 Å². The first-order valence-corrected chi connectivity index (χ1v) is 9.47. The molecule has 1 aromatic heterocycles. The molecule has 1 aliphatic heterocycles. The third-order valence-electron chi connectivity index (χ3n) is 4.52. The van der Waals surface area contributed by atoms with Crippen molar-refractivity contribution in [1.29, 1.82) is 0 Å². The van der Waals surface area contributed by atoms with Crippen molar-refractivity contribution in [1.82, 2.24) is 15.3 Å². The van der Waals surface area contributed by atoms with Crippen LogP contribution in [0.3, 0.4) is 0 Å². The predicted octanol–water partition coefficient (Wildman–Crippen LogP) is 3.10. The monoisotopic (exact) mass is 390 g/mol. The number of nitrogens with one attached hydrogen (secondary N) is 2. The zero-order valence-electron chi connectivity index (χ0n) is 16.1. The molecule has 2 N–H and O–H groups in total. The standard InChI is InChI=1S/C22H22N4O3/c1-15-25-18(22(27)23-10-9-16-5-3-2-4-6-16)12-21(26-15)24-13-17-7-8-19-20(11-17)29-14-28-19/h2-8,11-12H,9-10,13-14H2,1H3,(H,23,27)(H,24,25,26). The van der Waals surface area contributed by atoms with E-state index in [1.807, 2.05) is 48.5 Å². The molecule has 0 bridgehead atoms. The molecule has 0 spiro atoms. The van der Waals surface area contributed by atoms with E-state index < -0.39 is 0 Å². The summed E-state index contributed by atoms with van der Waals surface area (Å²) in [5.41, 5.74) is 2.55. The highest BCUT2D eigenvalue weighted by Crippen LogP contribution is 2.32. The first kappa shape index (κ1) is 18.7. The Bertz CT molecular complexity index is 1010. The van der Waals surface area contributed by atoms with Gasteiger partial charge in [-0.25, -0.2) is 9.97 Å². The summed E-state index contributed by atoms with van der Waals surface area (Å²) in [6.07, 6.45) is 0.770. The molecule has 3 aromatic rings. The maximum absolute atomic E-state index is 12.5. The fourth-order valence-corrected chi connectivity index (χ4v) is 3.07.